The van der Waals surface area contributed by atoms with Gasteiger partial charge in [0.2, 0.25) is 0 Å². The van der Waals surface area contributed by atoms with Gasteiger partial charge in [-0.3, -0.25) is 9.59 Å². The summed E-state index contributed by atoms with van der Waals surface area (Å²) in [6, 6.07) is 0. The second-order valence-electron chi connectivity index (χ2n) is 9.88. The van der Waals surface area contributed by atoms with Crippen LogP contribution in [0.3, 0.4) is 0 Å². The van der Waals surface area contributed by atoms with E-state index in [1.165, 1.54) is 7.11 Å². The average Bonchev–Trinajstić information content (AvgIpc) is 3.28. The molecule has 4 fully saturated rings. The second kappa shape index (κ2) is 5.32. The van der Waals surface area contributed by atoms with Crippen molar-refractivity contribution in [2.75, 3.05) is 7.11 Å². The molecule has 1 saturated heterocycles. The largest absolute Gasteiger partial charge is 0.469 e. The van der Waals surface area contributed by atoms with Gasteiger partial charge in [0.15, 0.2) is 0 Å². The molecule has 0 aromatic heterocycles. The summed E-state index contributed by atoms with van der Waals surface area (Å²) in [4.78, 5) is 26.1. The summed E-state index contributed by atoms with van der Waals surface area (Å²) in [5, 5.41) is 11.3. The standard InChI is InChI=1S/C21H32O5/c1-12(2)20-10-7-14(22)21(16(20)26-20)15(23)11-13-18(3,17(24)25-5)8-6-9-19(13,21)4/h12-13,15-16,23H,6-11H2,1-5H3/t13-,15+,16-,18+,19+,20+,21+/m0/s1. The Morgan fingerprint density at radius 2 is 1.96 bits per heavy atom. The number of esters is 1. The number of carbonyl (C=O) groups is 2. The molecule has 26 heavy (non-hydrogen) atoms. The molecule has 5 nitrogen and oxygen atoms in total. The van der Waals surface area contributed by atoms with E-state index in [1.54, 1.807) is 0 Å². The minimum atomic E-state index is -0.879. The number of methoxy groups -OCH3 is 1. The molecule has 1 N–H and O–H groups in total. The van der Waals surface area contributed by atoms with Crippen LogP contribution in [0, 0.1) is 28.1 Å². The molecule has 0 amide bonds. The van der Waals surface area contributed by atoms with Crippen LogP contribution in [-0.4, -0.2) is 41.8 Å². The first-order chi connectivity index (χ1) is 12.1. The van der Waals surface area contributed by atoms with Gasteiger partial charge in [-0.05, 0) is 49.9 Å². The number of ether oxygens (including phenoxy) is 2. The summed E-state index contributed by atoms with van der Waals surface area (Å²) >= 11 is 0. The number of hydrogen-bond acceptors (Lipinski definition) is 5. The van der Waals surface area contributed by atoms with Crippen molar-refractivity contribution in [2.24, 2.45) is 28.1 Å². The predicted molar refractivity (Wildman–Crippen MR) is 95.3 cm³/mol. The molecular weight excluding hydrogens is 332 g/mol. The van der Waals surface area contributed by atoms with E-state index >= 15 is 0 Å². The van der Waals surface area contributed by atoms with Crippen molar-refractivity contribution in [3.05, 3.63) is 0 Å². The Morgan fingerprint density at radius 1 is 1.27 bits per heavy atom. The van der Waals surface area contributed by atoms with Crippen molar-refractivity contribution in [1.29, 1.82) is 0 Å². The lowest BCUT2D eigenvalue weighted by Crippen LogP contribution is -2.61. The number of ketones is 1. The third kappa shape index (κ3) is 1.80. The highest BCUT2D eigenvalue weighted by Crippen LogP contribution is 2.75. The van der Waals surface area contributed by atoms with Crippen molar-refractivity contribution in [1.82, 2.24) is 0 Å². The summed E-state index contributed by atoms with van der Waals surface area (Å²) in [6.07, 6.45) is 3.17. The second-order valence-corrected chi connectivity index (χ2v) is 9.88. The lowest BCUT2D eigenvalue weighted by Gasteiger charge is -2.54. The quantitative estimate of drug-likeness (QED) is 0.602. The molecule has 146 valence electrons. The molecule has 4 aliphatic rings. The maximum atomic E-state index is 13.4. The number of rotatable bonds is 2. The van der Waals surface area contributed by atoms with Crippen molar-refractivity contribution in [3.63, 3.8) is 0 Å². The van der Waals surface area contributed by atoms with Gasteiger partial charge in [0.1, 0.15) is 11.9 Å². The van der Waals surface area contributed by atoms with Gasteiger partial charge in [0.25, 0.3) is 0 Å². The van der Waals surface area contributed by atoms with Crippen LogP contribution in [0.5, 0.6) is 0 Å². The fourth-order valence-electron chi connectivity index (χ4n) is 7.38. The number of aliphatic hydroxyl groups excluding tert-OH is 1. The highest BCUT2D eigenvalue weighted by atomic mass is 16.6. The molecule has 1 aliphatic heterocycles. The minimum Gasteiger partial charge on any atom is -0.469 e. The molecule has 1 spiro atoms. The molecule has 0 aromatic carbocycles. The van der Waals surface area contributed by atoms with E-state index in [2.05, 4.69) is 20.8 Å². The molecular formula is C21H32O5. The lowest BCUT2D eigenvalue weighted by molar-refractivity contribution is -0.171. The zero-order valence-corrected chi connectivity index (χ0v) is 16.6. The lowest BCUT2D eigenvalue weighted by atomic mass is 9.47. The summed E-state index contributed by atoms with van der Waals surface area (Å²) < 4.78 is 11.4. The maximum Gasteiger partial charge on any atom is 0.311 e. The highest BCUT2D eigenvalue weighted by molar-refractivity contribution is 5.90. The van der Waals surface area contributed by atoms with Gasteiger partial charge in [-0.2, -0.15) is 0 Å². The van der Waals surface area contributed by atoms with Crippen molar-refractivity contribution in [2.45, 2.75) is 84.0 Å². The van der Waals surface area contributed by atoms with Crippen LogP contribution in [0.1, 0.15) is 66.2 Å². The summed E-state index contributed by atoms with van der Waals surface area (Å²) in [6.45, 7) is 8.38. The van der Waals surface area contributed by atoms with Crippen LogP contribution >= 0.6 is 0 Å². The molecule has 5 heteroatoms. The summed E-state index contributed by atoms with van der Waals surface area (Å²) in [7, 11) is 1.43. The number of epoxide rings is 1. The molecule has 0 radical (unpaired) electrons. The normalized spacial score (nSPS) is 52.7. The molecule has 7 atom stereocenters. The Kier molecular flexibility index (Phi) is 3.77. The zero-order valence-electron chi connectivity index (χ0n) is 16.6. The fraction of sp³-hybridized carbons (Fsp3) is 0.905. The Bertz CT molecular complexity index is 659. The molecule has 0 aromatic rings. The van der Waals surface area contributed by atoms with Crippen molar-refractivity contribution < 1.29 is 24.2 Å². The Balaban J connectivity index is 1.83. The molecule has 0 bridgehead atoms. The van der Waals surface area contributed by atoms with E-state index in [9.17, 15) is 14.7 Å². The first-order valence-electron chi connectivity index (χ1n) is 10.1. The molecule has 4 rings (SSSR count). The van der Waals surface area contributed by atoms with Crippen LogP contribution in [0.15, 0.2) is 0 Å². The zero-order chi connectivity index (χ0) is 19.1. The highest BCUT2D eigenvalue weighted by Gasteiger charge is 2.82. The van der Waals surface area contributed by atoms with E-state index in [4.69, 9.17) is 9.47 Å². The summed E-state index contributed by atoms with van der Waals surface area (Å²) in [5.41, 5.74) is -2.26. The third-order valence-electron chi connectivity index (χ3n) is 8.83. The number of Topliss-reactive ketones (excluding diaryl/α,β-unsaturated/α-hetero) is 1. The molecule has 0 unspecified atom stereocenters. The van der Waals surface area contributed by atoms with Gasteiger partial charge < -0.3 is 14.6 Å². The molecule has 3 aliphatic carbocycles. The van der Waals surface area contributed by atoms with Crippen LogP contribution in [0.4, 0.5) is 0 Å². The Hall–Kier alpha value is -0.940. The monoisotopic (exact) mass is 364 g/mol. The van der Waals surface area contributed by atoms with E-state index in [1.807, 2.05) is 6.92 Å². The number of aliphatic hydroxyl groups is 1. The number of hydrogen-bond donors (Lipinski definition) is 1. The van der Waals surface area contributed by atoms with Gasteiger partial charge in [-0.15, -0.1) is 0 Å². The number of carbonyl (C=O) groups excluding carboxylic acids is 2. The van der Waals surface area contributed by atoms with Gasteiger partial charge in [-0.1, -0.05) is 27.2 Å². The van der Waals surface area contributed by atoms with Crippen LogP contribution in [0.2, 0.25) is 0 Å². The van der Waals surface area contributed by atoms with E-state index in [-0.39, 0.29) is 29.4 Å². The topological polar surface area (TPSA) is 76.1 Å². The van der Waals surface area contributed by atoms with Gasteiger partial charge in [0.05, 0.1) is 29.6 Å². The minimum absolute atomic E-state index is 0.0673. The van der Waals surface area contributed by atoms with Crippen LogP contribution in [0.25, 0.3) is 0 Å². The first kappa shape index (κ1) is 18.4. The van der Waals surface area contributed by atoms with E-state index in [0.717, 1.165) is 25.7 Å². The third-order valence-corrected chi connectivity index (χ3v) is 8.83. The van der Waals surface area contributed by atoms with Crippen molar-refractivity contribution in [3.8, 4) is 0 Å². The van der Waals surface area contributed by atoms with Crippen molar-refractivity contribution >= 4 is 11.8 Å². The SMILES string of the molecule is COC(=O)[C@]1(C)CCC[C@]2(C)[C@H]1C[C@@H](O)[C@@]21C(=O)CC[C@]2(C(C)C)O[C@H]12. The Morgan fingerprint density at radius 3 is 2.58 bits per heavy atom. The van der Waals surface area contributed by atoms with Gasteiger partial charge in [-0.25, -0.2) is 0 Å². The van der Waals surface area contributed by atoms with E-state index < -0.39 is 22.3 Å². The summed E-state index contributed by atoms with van der Waals surface area (Å²) in [5.74, 6) is 0.167. The van der Waals surface area contributed by atoms with Gasteiger partial charge in [0, 0.05) is 6.42 Å². The molecule has 1 heterocycles. The fourth-order valence-corrected chi connectivity index (χ4v) is 7.38. The number of fused-ring (bicyclic) bond motifs is 4. The smallest absolute Gasteiger partial charge is 0.311 e. The molecule has 3 saturated carbocycles. The predicted octanol–water partition coefficient (Wildman–Crippen LogP) is 2.88. The Labute approximate surface area is 155 Å². The van der Waals surface area contributed by atoms with Crippen LogP contribution < -0.4 is 0 Å². The average molecular weight is 364 g/mol. The maximum absolute atomic E-state index is 13.4. The van der Waals surface area contributed by atoms with E-state index in [0.29, 0.717) is 18.8 Å². The first-order valence-corrected chi connectivity index (χ1v) is 10.1. The van der Waals surface area contributed by atoms with Gasteiger partial charge >= 0.3 is 5.97 Å². The van der Waals surface area contributed by atoms with Crippen LogP contribution in [-0.2, 0) is 19.1 Å².